The first-order valence-electron chi connectivity index (χ1n) is 10.5. The third-order valence-corrected chi connectivity index (χ3v) is 5.56. The fourth-order valence-corrected chi connectivity index (χ4v) is 3.83. The Kier molecular flexibility index (Phi) is 6.96. The predicted octanol–water partition coefficient (Wildman–Crippen LogP) is 6.46. The third-order valence-electron chi connectivity index (χ3n) is 5.56. The molecule has 3 rings (SSSR count). The van der Waals surface area contributed by atoms with E-state index in [1.54, 1.807) is 0 Å². The van der Waals surface area contributed by atoms with Gasteiger partial charge in [-0.15, -0.1) is 0 Å². The zero-order valence-electron chi connectivity index (χ0n) is 18.3. The second-order valence-electron chi connectivity index (χ2n) is 7.62. The number of ether oxygens (including phenoxy) is 1. The summed E-state index contributed by atoms with van der Waals surface area (Å²) in [6.45, 7) is 15.6. The number of nitriles is 1. The van der Waals surface area contributed by atoms with Crippen LogP contribution in [0.5, 0.6) is 0 Å². The first-order chi connectivity index (χ1) is 15.0. The lowest BCUT2D eigenvalue weighted by Gasteiger charge is -2.36. The molecule has 31 heavy (non-hydrogen) atoms. The molecule has 1 atom stereocenters. The van der Waals surface area contributed by atoms with Gasteiger partial charge < -0.3 is 9.64 Å². The van der Waals surface area contributed by atoms with Crippen molar-refractivity contribution >= 4 is 11.8 Å². The lowest BCUT2D eigenvalue weighted by atomic mass is 9.85. The molecular formula is C27H27N3O. The van der Waals surface area contributed by atoms with Crippen LogP contribution in [0.25, 0.3) is 10.9 Å². The molecule has 0 saturated carbocycles. The van der Waals surface area contributed by atoms with Crippen LogP contribution in [0, 0.1) is 17.9 Å². The molecule has 0 aliphatic carbocycles. The molecule has 0 fully saturated rings. The van der Waals surface area contributed by atoms with E-state index in [4.69, 9.17) is 11.3 Å². The lowest BCUT2D eigenvalue weighted by molar-refractivity contribution is 0.0143. The number of benzene rings is 2. The van der Waals surface area contributed by atoms with Crippen molar-refractivity contribution in [1.29, 1.82) is 5.26 Å². The molecule has 156 valence electrons. The molecule has 1 aliphatic rings. The van der Waals surface area contributed by atoms with Gasteiger partial charge in [-0.05, 0) is 61.8 Å². The molecule has 0 amide bonds. The monoisotopic (exact) mass is 409 g/mol. The van der Waals surface area contributed by atoms with E-state index in [2.05, 4.69) is 47.9 Å². The van der Waals surface area contributed by atoms with Crippen LogP contribution in [0.15, 0.2) is 83.8 Å². The molecule has 4 heteroatoms. The van der Waals surface area contributed by atoms with Crippen LogP contribution < -0.4 is 4.90 Å². The number of hydrogen-bond donors (Lipinski definition) is 0. The van der Waals surface area contributed by atoms with Crippen molar-refractivity contribution in [2.75, 3.05) is 18.0 Å². The summed E-state index contributed by atoms with van der Waals surface area (Å²) in [7, 11) is 0. The van der Waals surface area contributed by atoms with Gasteiger partial charge in [-0.1, -0.05) is 48.5 Å². The second kappa shape index (κ2) is 9.83. The molecule has 1 aliphatic heterocycles. The summed E-state index contributed by atoms with van der Waals surface area (Å²) >= 11 is 0. The minimum atomic E-state index is -0.648. The van der Waals surface area contributed by atoms with Crippen molar-refractivity contribution in [1.82, 2.24) is 0 Å². The molecule has 1 heterocycles. The van der Waals surface area contributed by atoms with Gasteiger partial charge in [0, 0.05) is 25.2 Å². The Bertz CT molecular complexity index is 1060. The van der Waals surface area contributed by atoms with Gasteiger partial charge in [-0.3, -0.25) is 0 Å². The Morgan fingerprint density at radius 3 is 2.39 bits per heavy atom. The van der Waals surface area contributed by atoms with E-state index >= 15 is 0 Å². The standard InChI is InChI=1S/C27H27N3O/c1-5-30(6-2)24-15-12-21(13-16-24)14-17-25-18-22(26(20-28)29-4)19-27(3,31-25)23-10-8-7-9-11-23/h7-18H,5-6,19H2,1-3H3/b17-14+,26-22-. The fourth-order valence-electron chi connectivity index (χ4n) is 3.83. The van der Waals surface area contributed by atoms with E-state index in [-0.39, 0.29) is 5.70 Å². The van der Waals surface area contributed by atoms with Crippen LogP contribution >= 0.6 is 0 Å². The van der Waals surface area contributed by atoms with Gasteiger partial charge >= 0.3 is 0 Å². The maximum Gasteiger partial charge on any atom is 0.265 e. The van der Waals surface area contributed by atoms with Crippen LogP contribution in [0.1, 0.15) is 38.3 Å². The molecule has 2 aromatic rings. The van der Waals surface area contributed by atoms with Crippen molar-refractivity contribution in [2.24, 2.45) is 0 Å². The minimum absolute atomic E-state index is 0.111. The fraction of sp³-hybridized carbons (Fsp3) is 0.259. The Hall–Kier alpha value is -3.76. The SMILES string of the molecule is [C-]#[N+]/C(C#N)=C1C=C(/C=C/c2ccc(N(CC)CC)cc2)OC(C)(c2ccccc2)C/1. The van der Waals surface area contributed by atoms with Crippen LogP contribution in [0.4, 0.5) is 5.69 Å². The molecule has 0 aromatic heterocycles. The molecule has 0 saturated heterocycles. The Morgan fingerprint density at radius 1 is 1.13 bits per heavy atom. The molecule has 1 unspecified atom stereocenters. The van der Waals surface area contributed by atoms with Crippen molar-refractivity contribution in [3.63, 3.8) is 0 Å². The topological polar surface area (TPSA) is 40.6 Å². The number of anilines is 1. The average molecular weight is 410 g/mol. The van der Waals surface area contributed by atoms with Crippen LogP contribution in [0.2, 0.25) is 0 Å². The van der Waals surface area contributed by atoms with E-state index < -0.39 is 5.60 Å². The highest BCUT2D eigenvalue weighted by Gasteiger charge is 2.34. The summed E-state index contributed by atoms with van der Waals surface area (Å²) in [5, 5.41) is 9.41. The van der Waals surface area contributed by atoms with E-state index in [1.165, 1.54) is 5.69 Å². The summed E-state index contributed by atoms with van der Waals surface area (Å²) in [5.41, 5.74) is 3.44. The first-order valence-corrected chi connectivity index (χ1v) is 10.5. The summed E-state index contributed by atoms with van der Waals surface area (Å²) in [6.07, 6.45) is 6.18. The largest absolute Gasteiger partial charge is 0.483 e. The second-order valence-corrected chi connectivity index (χ2v) is 7.62. The van der Waals surface area contributed by atoms with E-state index in [0.29, 0.717) is 17.8 Å². The maximum atomic E-state index is 9.41. The zero-order chi connectivity index (χ0) is 22.3. The average Bonchev–Trinajstić information content (AvgIpc) is 2.80. The van der Waals surface area contributed by atoms with Gasteiger partial charge in [-0.2, -0.15) is 0 Å². The van der Waals surface area contributed by atoms with Gasteiger partial charge in [0.15, 0.2) is 0 Å². The van der Waals surface area contributed by atoms with Gasteiger partial charge in [0.1, 0.15) is 11.4 Å². The number of allylic oxidation sites excluding steroid dienone is 3. The molecule has 4 nitrogen and oxygen atoms in total. The van der Waals surface area contributed by atoms with Crippen molar-refractivity contribution in [3.8, 4) is 6.07 Å². The molecule has 2 aromatic carbocycles. The Balaban J connectivity index is 1.92. The molecular weight excluding hydrogens is 382 g/mol. The lowest BCUT2D eigenvalue weighted by Crippen LogP contribution is -2.29. The summed E-state index contributed by atoms with van der Waals surface area (Å²) in [5.74, 6) is 0.636. The van der Waals surface area contributed by atoms with E-state index in [1.807, 2.05) is 61.6 Å². The third kappa shape index (κ3) is 5.05. The highest BCUT2D eigenvalue weighted by atomic mass is 16.5. The van der Waals surface area contributed by atoms with Crippen molar-refractivity contribution in [2.45, 2.75) is 32.8 Å². The number of nitrogens with zero attached hydrogens (tertiary/aromatic N) is 3. The maximum absolute atomic E-state index is 9.41. The summed E-state index contributed by atoms with van der Waals surface area (Å²) in [6, 6.07) is 20.4. The highest BCUT2D eigenvalue weighted by molar-refractivity contribution is 5.58. The normalized spacial score (nSPS) is 19.7. The van der Waals surface area contributed by atoms with Gasteiger partial charge in [0.25, 0.3) is 5.70 Å². The summed E-state index contributed by atoms with van der Waals surface area (Å²) in [4.78, 5) is 5.73. The van der Waals surface area contributed by atoms with E-state index in [0.717, 1.165) is 24.2 Å². The van der Waals surface area contributed by atoms with Gasteiger partial charge in [0.05, 0.1) is 12.6 Å². The Morgan fingerprint density at radius 2 is 1.81 bits per heavy atom. The van der Waals surface area contributed by atoms with Gasteiger partial charge in [-0.25, -0.2) is 10.1 Å². The van der Waals surface area contributed by atoms with Gasteiger partial charge in [0.2, 0.25) is 0 Å². The van der Waals surface area contributed by atoms with Crippen LogP contribution in [-0.4, -0.2) is 13.1 Å². The predicted molar refractivity (Wildman–Crippen MR) is 126 cm³/mol. The molecule has 0 N–H and O–H groups in total. The number of hydrogen-bond acceptors (Lipinski definition) is 3. The Labute approximate surface area is 185 Å². The molecule has 0 spiro atoms. The quantitative estimate of drug-likeness (QED) is 0.406. The smallest absolute Gasteiger partial charge is 0.265 e. The summed E-state index contributed by atoms with van der Waals surface area (Å²) < 4.78 is 6.37. The van der Waals surface area contributed by atoms with E-state index in [9.17, 15) is 5.26 Å². The van der Waals surface area contributed by atoms with Crippen molar-refractivity contribution < 1.29 is 4.74 Å². The van der Waals surface area contributed by atoms with Crippen molar-refractivity contribution in [3.05, 3.63) is 106 Å². The number of rotatable bonds is 6. The molecule has 0 bridgehead atoms. The first kappa shape index (κ1) is 21.9. The minimum Gasteiger partial charge on any atom is -0.483 e. The zero-order valence-corrected chi connectivity index (χ0v) is 18.3. The molecule has 0 radical (unpaired) electrons. The highest BCUT2D eigenvalue weighted by Crippen LogP contribution is 2.40. The van der Waals surface area contributed by atoms with Crippen LogP contribution in [-0.2, 0) is 10.3 Å². The van der Waals surface area contributed by atoms with Crippen LogP contribution in [0.3, 0.4) is 0 Å².